The topological polar surface area (TPSA) is 35.5 Å². The minimum absolute atomic E-state index is 0. The Morgan fingerprint density at radius 1 is 1.26 bits per heavy atom. The average Bonchev–Trinajstić information content (AvgIpc) is 2.40. The molecule has 0 unspecified atom stereocenters. The zero-order chi connectivity index (χ0) is 13.1. The van der Waals surface area contributed by atoms with Crippen molar-refractivity contribution in [1.29, 1.82) is 0 Å². The van der Waals surface area contributed by atoms with Crippen LogP contribution in [0, 0.1) is 5.82 Å². The van der Waals surface area contributed by atoms with Gasteiger partial charge in [0.25, 0.3) is 0 Å². The summed E-state index contributed by atoms with van der Waals surface area (Å²) in [6.07, 6.45) is 0. The number of nitrogens with zero attached hydrogens (tertiary/aromatic N) is 1. The second-order valence-electron chi connectivity index (χ2n) is 4.24. The standard InChI is InChI=1S/C12H15Cl2FN2O.ClH/c13-8-1-2-9(14)12(15)11(8)10(7-18)17-5-3-16-4-6-17;/h1-2,10,16,18H,3-7H2;1H/t10-;/m0./s1. The zero-order valence-electron chi connectivity index (χ0n) is 10.2. The van der Waals surface area contributed by atoms with E-state index in [4.69, 9.17) is 23.2 Å². The van der Waals surface area contributed by atoms with Crippen LogP contribution in [0.1, 0.15) is 11.6 Å². The number of halogens is 4. The Balaban J connectivity index is 0.00000180. The van der Waals surface area contributed by atoms with Crippen LogP contribution in [0.5, 0.6) is 0 Å². The first-order valence-electron chi connectivity index (χ1n) is 5.84. The predicted octanol–water partition coefficient (Wildman–Crippen LogP) is 2.49. The molecule has 0 spiro atoms. The van der Waals surface area contributed by atoms with Gasteiger partial charge in [-0.2, -0.15) is 0 Å². The SMILES string of the molecule is Cl.OC[C@@H](c1c(Cl)ccc(Cl)c1F)N1CCNCC1. The van der Waals surface area contributed by atoms with E-state index < -0.39 is 11.9 Å². The van der Waals surface area contributed by atoms with Gasteiger partial charge in [0.2, 0.25) is 0 Å². The summed E-state index contributed by atoms with van der Waals surface area (Å²) in [6.45, 7) is 2.94. The maximum Gasteiger partial charge on any atom is 0.148 e. The molecule has 0 aliphatic carbocycles. The molecule has 1 aromatic rings. The van der Waals surface area contributed by atoms with Gasteiger partial charge in [0.05, 0.1) is 17.7 Å². The lowest BCUT2D eigenvalue weighted by atomic mass is 10.0. The van der Waals surface area contributed by atoms with Crippen LogP contribution in [0.15, 0.2) is 12.1 Å². The summed E-state index contributed by atoms with van der Waals surface area (Å²) in [5.41, 5.74) is 0.286. The number of rotatable bonds is 3. The highest BCUT2D eigenvalue weighted by Gasteiger charge is 2.27. The van der Waals surface area contributed by atoms with Gasteiger partial charge in [-0.1, -0.05) is 23.2 Å². The Morgan fingerprint density at radius 2 is 1.84 bits per heavy atom. The van der Waals surface area contributed by atoms with Crippen LogP contribution in [-0.2, 0) is 0 Å². The van der Waals surface area contributed by atoms with Crippen molar-refractivity contribution < 1.29 is 9.50 Å². The monoisotopic (exact) mass is 328 g/mol. The maximum absolute atomic E-state index is 14.1. The molecule has 0 radical (unpaired) electrons. The van der Waals surface area contributed by atoms with E-state index in [0.29, 0.717) is 5.02 Å². The molecule has 0 amide bonds. The van der Waals surface area contributed by atoms with Crippen LogP contribution in [-0.4, -0.2) is 42.8 Å². The maximum atomic E-state index is 14.1. The molecule has 1 saturated heterocycles. The third kappa shape index (κ3) is 3.72. The van der Waals surface area contributed by atoms with Crippen LogP contribution in [0.25, 0.3) is 0 Å². The van der Waals surface area contributed by atoms with Crippen molar-refractivity contribution in [1.82, 2.24) is 10.2 Å². The van der Waals surface area contributed by atoms with E-state index in [-0.39, 0.29) is 29.6 Å². The van der Waals surface area contributed by atoms with Gasteiger partial charge in [0.15, 0.2) is 0 Å². The molecule has 1 fully saturated rings. The number of hydrogen-bond acceptors (Lipinski definition) is 3. The van der Waals surface area contributed by atoms with E-state index in [1.54, 1.807) is 6.07 Å². The van der Waals surface area contributed by atoms with Crippen LogP contribution < -0.4 is 5.32 Å². The first-order chi connectivity index (χ1) is 8.65. The highest BCUT2D eigenvalue weighted by Crippen LogP contribution is 2.33. The lowest BCUT2D eigenvalue weighted by molar-refractivity contribution is 0.108. The highest BCUT2D eigenvalue weighted by atomic mass is 35.5. The molecule has 0 saturated carbocycles. The minimum atomic E-state index is -0.540. The molecular weight excluding hydrogens is 314 g/mol. The number of hydrogen-bond donors (Lipinski definition) is 2. The molecule has 1 heterocycles. The van der Waals surface area contributed by atoms with Crippen LogP contribution in [0.2, 0.25) is 10.0 Å². The van der Waals surface area contributed by atoms with Gasteiger partial charge in [-0.15, -0.1) is 12.4 Å². The van der Waals surface area contributed by atoms with Gasteiger partial charge in [-0.25, -0.2) is 4.39 Å². The number of benzene rings is 1. The van der Waals surface area contributed by atoms with Gasteiger partial charge >= 0.3 is 0 Å². The van der Waals surface area contributed by atoms with Gasteiger partial charge < -0.3 is 10.4 Å². The van der Waals surface area contributed by atoms with Gasteiger partial charge in [-0.3, -0.25) is 4.90 Å². The number of aliphatic hydroxyl groups is 1. The molecule has 19 heavy (non-hydrogen) atoms. The molecule has 0 aromatic heterocycles. The Labute approximate surface area is 128 Å². The first-order valence-corrected chi connectivity index (χ1v) is 6.59. The fraction of sp³-hybridized carbons (Fsp3) is 0.500. The fourth-order valence-corrected chi connectivity index (χ4v) is 2.67. The van der Waals surface area contributed by atoms with Crippen molar-refractivity contribution in [2.45, 2.75) is 6.04 Å². The van der Waals surface area contributed by atoms with Crippen molar-refractivity contribution in [3.8, 4) is 0 Å². The molecule has 3 nitrogen and oxygen atoms in total. The molecule has 1 aliphatic heterocycles. The van der Waals surface area contributed by atoms with Gasteiger partial charge in [-0.05, 0) is 12.1 Å². The van der Waals surface area contributed by atoms with Crippen molar-refractivity contribution in [2.24, 2.45) is 0 Å². The van der Waals surface area contributed by atoms with E-state index in [0.717, 1.165) is 26.2 Å². The molecule has 1 aliphatic rings. The number of piperazine rings is 1. The smallest absolute Gasteiger partial charge is 0.148 e. The van der Waals surface area contributed by atoms with E-state index in [1.165, 1.54) is 6.07 Å². The summed E-state index contributed by atoms with van der Waals surface area (Å²) in [4.78, 5) is 2.01. The minimum Gasteiger partial charge on any atom is -0.394 e. The highest BCUT2D eigenvalue weighted by molar-refractivity contribution is 6.33. The third-order valence-corrected chi connectivity index (χ3v) is 3.80. The molecule has 0 bridgehead atoms. The van der Waals surface area contributed by atoms with E-state index >= 15 is 0 Å². The van der Waals surface area contributed by atoms with E-state index in [1.807, 2.05) is 4.90 Å². The Morgan fingerprint density at radius 3 is 2.42 bits per heavy atom. The second-order valence-corrected chi connectivity index (χ2v) is 5.06. The molecule has 7 heteroatoms. The lowest BCUT2D eigenvalue weighted by Crippen LogP contribution is -2.46. The van der Waals surface area contributed by atoms with E-state index in [9.17, 15) is 9.50 Å². The molecule has 108 valence electrons. The molecule has 1 aromatic carbocycles. The Kier molecular flexibility index (Phi) is 6.80. The number of aliphatic hydroxyl groups excluding tert-OH is 1. The summed E-state index contributed by atoms with van der Waals surface area (Å²) >= 11 is 11.8. The normalized spacial score (nSPS) is 17.9. The van der Waals surface area contributed by atoms with Crippen LogP contribution in [0.3, 0.4) is 0 Å². The number of nitrogens with one attached hydrogen (secondary N) is 1. The van der Waals surface area contributed by atoms with Crippen LogP contribution >= 0.6 is 35.6 Å². The predicted molar refractivity (Wildman–Crippen MR) is 77.9 cm³/mol. The molecular formula is C12H16Cl3FN2O. The summed E-state index contributed by atoms with van der Waals surface area (Å²) in [7, 11) is 0. The molecule has 1 atom stereocenters. The van der Waals surface area contributed by atoms with E-state index in [2.05, 4.69) is 5.32 Å². The van der Waals surface area contributed by atoms with Crippen molar-refractivity contribution in [2.75, 3.05) is 32.8 Å². The second kappa shape index (κ2) is 7.62. The van der Waals surface area contributed by atoms with Crippen molar-refractivity contribution in [3.05, 3.63) is 33.6 Å². The van der Waals surface area contributed by atoms with Crippen molar-refractivity contribution in [3.63, 3.8) is 0 Å². The fourth-order valence-electron chi connectivity index (χ4n) is 2.23. The van der Waals surface area contributed by atoms with Gasteiger partial charge in [0.1, 0.15) is 5.82 Å². The quantitative estimate of drug-likeness (QED) is 0.836. The summed E-state index contributed by atoms with van der Waals surface area (Å²) in [6, 6.07) is 2.54. The summed E-state index contributed by atoms with van der Waals surface area (Å²) in [5.74, 6) is -0.540. The Bertz CT molecular complexity index is 428. The Hall–Kier alpha value is -0.100. The average molecular weight is 330 g/mol. The van der Waals surface area contributed by atoms with Crippen molar-refractivity contribution >= 4 is 35.6 Å². The third-order valence-electron chi connectivity index (χ3n) is 3.18. The molecule has 2 rings (SSSR count). The largest absolute Gasteiger partial charge is 0.394 e. The summed E-state index contributed by atoms with van der Waals surface area (Å²) < 4.78 is 14.1. The zero-order valence-corrected chi connectivity index (χ0v) is 12.5. The lowest BCUT2D eigenvalue weighted by Gasteiger charge is -2.34. The van der Waals surface area contributed by atoms with Crippen LogP contribution in [0.4, 0.5) is 4.39 Å². The first kappa shape index (κ1) is 17.0. The van der Waals surface area contributed by atoms with Gasteiger partial charge in [0, 0.05) is 36.8 Å². The summed E-state index contributed by atoms with van der Waals surface area (Å²) in [5, 5.41) is 13.1. The molecule has 2 N–H and O–H groups in total.